The van der Waals surface area contributed by atoms with Gasteiger partial charge in [0.05, 0.1) is 5.25 Å². The molecule has 0 saturated carbocycles. The minimum atomic E-state index is -0.280. The molecule has 1 atom stereocenters. The molecule has 1 amide bonds. The lowest BCUT2D eigenvalue weighted by atomic mass is 10.1. The minimum absolute atomic E-state index is 0.0354. The molecule has 0 unspecified atom stereocenters. The number of fused-ring (bicyclic) bond motifs is 1. The van der Waals surface area contributed by atoms with Gasteiger partial charge in [-0.2, -0.15) is 4.98 Å². The van der Waals surface area contributed by atoms with E-state index in [0.717, 1.165) is 23.2 Å². The number of pyridine rings is 1. The number of nitrogens with zero attached hydrogens (tertiary/aromatic N) is 2. The Balaban J connectivity index is 1.77. The zero-order chi connectivity index (χ0) is 17.8. The number of aryl methyl sites for hydroxylation is 2. The lowest BCUT2D eigenvalue weighted by molar-refractivity contribution is -0.115. The highest BCUT2D eigenvalue weighted by molar-refractivity contribution is 8.00. The van der Waals surface area contributed by atoms with E-state index in [9.17, 15) is 4.79 Å². The predicted octanol–water partition coefficient (Wildman–Crippen LogP) is 4.60. The molecule has 25 heavy (non-hydrogen) atoms. The van der Waals surface area contributed by atoms with Crippen molar-refractivity contribution < 1.29 is 9.21 Å². The third-order valence-corrected chi connectivity index (χ3v) is 5.25. The maximum Gasteiger partial charge on any atom is 0.259 e. The number of oxazole rings is 1. The zero-order valence-electron chi connectivity index (χ0n) is 14.6. The third-order valence-electron chi connectivity index (χ3n) is 4.04. The molecule has 0 aliphatic heterocycles. The van der Waals surface area contributed by atoms with Crippen LogP contribution in [0.25, 0.3) is 11.2 Å². The first-order chi connectivity index (χ1) is 12.1. The van der Waals surface area contributed by atoms with Gasteiger partial charge in [0, 0.05) is 11.9 Å². The molecular weight excluding hydrogens is 334 g/mol. The number of nitrogens with one attached hydrogen (secondary N) is 1. The van der Waals surface area contributed by atoms with E-state index in [2.05, 4.69) is 22.2 Å². The van der Waals surface area contributed by atoms with E-state index in [1.54, 1.807) is 12.3 Å². The molecule has 1 aromatic carbocycles. The molecule has 2 heterocycles. The molecule has 0 fully saturated rings. The van der Waals surface area contributed by atoms with Crippen LogP contribution in [0.4, 0.5) is 5.69 Å². The van der Waals surface area contributed by atoms with E-state index in [0.29, 0.717) is 22.9 Å². The number of para-hydroxylation sites is 1. The van der Waals surface area contributed by atoms with E-state index < -0.39 is 0 Å². The molecule has 0 aliphatic rings. The van der Waals surface area contributed by atoms with E-state index in [-0.39, 0.29) is 11.2 Å². The number of rotatable bonds is 6. The molecule has 3 rings (SSSR count). The molecule has 6 heteroatoms. The second-order valence-electron chi connectivity index (χ2n) is 5.77. The van der Waals surface area contributed by atoms with Crippen LogP contribution in [-0.4, -0.2) is 21.1 Å². The van der Waals surface area contributed by atoms with Gasteiger partial charge in [0.25, 0.3) is 5.22 Å². The van der Waals surface area contributed by atoms with Crippen molar-refractivity contribution in [2.45, 2.75) is 44.1 Å². The van der Waals surface area contributed by atoms with Gasteiger partial charge in [-0.15, -0.1) is 0 Å². The number of hydrogen-bond donors (Lipinski definition) is 1. The Morgan fingerprint density at radius 2 is 2.12 bits per heavy atom. The Morgan fingerprint density at radius 3 is 2.84 bits per heavy atom. The van der Waals surface area contributed by atoms with Crippen LogP contribution in [0.1, 0.15) is 31.4 Å². The number of carbonyl (C=O) groups is 1. The maximum absolute atomic E-state index is 12.8. The molecule has 0 spiro atoms. The fourth-order valence-corrected chi connectivity index (χ4v) is 3.50. The van der Waals surface area contributed by atoms with Crippen molar-refractivity contribution in [2.75, 3.05) is 5.32 Å². The molecule has 130 valence electrons. The maximum atomic E-state index is 12.8. The average molecular weight is 355 g/mol. The van der Waals surface area contributed by atoms with Crippen molar-refractivity contribution in [3.05, 3.63) is 47.7 Å². The van der Waals surface area contributed by atoms with E-state index in [1.807, 2.05) is 38.1 Å². The van der Waals surface area contributed by atoms with Crippen LogP contribution in [0.15, 0.2) is 46.2 Å². The van der Waals surface area contributed by atoms with Gasteiger partial charge in [-0.1, -0.05) is 43.8 Å². The lowest BCUT2D eigenvalue weighted by Crippen LogP contribution is -2.25. The molecule has 1 N–H and O–H groups in total. The standard InChI is InChI=1S/C19H21N3O2S/c1-4-13-9-6-8-12(3)16(13)21-18(23)15(5-2)25-19-22-17-14(24-19)10-7-11-20-17/h6-11,15H,4-5H2,1-3H3,(H,21,23)/t15-/m0/s1. The van der Waals surface area contributed by atoms with Gasteiger partial charge in [0.2, 0.25) is 5.91 Å². The molecule has 0 aliphatic carbocycles. The number of anilines is 1. The van der Waals surface area contributed by atoms with Crippen molar-refractivity contribution in [1.82, 2.24) is 9.97 Å². The Labute approximate surface area is 151 Å². The minimum Gasteiger partial charge on any atom is -0.430 e. The van der Waals surface area contributed by atoms with Crippen LogP contribution < -0.4 is 5.32 Å². The van der Waals surface area contributed by atoms with Crippen LogP contribution in [0.2, 0.25) is 0 Å². The summed E-state index contributed by atoms with van der Waals surface area (Å²) in [7, 11) is 0. The Kier molecular flexibility index (Phi) is 5.38. The first-order valence-electron chi connectivity index (χ1n) is 8.40. The summed E-state index contributed by atoms with van der Waals surface area (Å²) >= 11 is 1.33. The summed E-state index contributed by atoms with van der Waals surface area (Å²) in [6.45, 7) is 6.08. The van der Waals surface area contributed by atoms with Crippen LogP contribution in [0.3, 0.4) is 0 Å². The summed E-state index contributed by atoms with van der Waals surface area (Å²) in [6.07, 6.45) is 3.22. The monoisotopic (exact) mass is 355 g/mol. The summed E-state index contributed by atoms with van der Waals surface area (Å²) in [6, 6.07) is 9.69. The summed E-state index contributed by atoms with van der Waals surface area (Å²) < 4.78 is 5.68. The van der Waals surface area contributed by atoms with Crippen molar-refractivity contribution in [1.29, 1.82) is 0 Å². The number of carbonyl (C=O) groups excluding carboxylic acids is 1. The lowest BCUT2D eigenvalue weighted by Gasteiger charge is -2.16. The van der Waals surface area contributed by atoms with Gasteiger partial charge in [-0.3, -0.25) is 4.79 Å². The van der Waals surface area contributed by atoms with Gasteiger partial charge >= 0.3 is 0 Å². The number of amides is 1. The zero-order valence-corrected chi connectivity index (χ0v) is 15.4. The van der Waals surface area contributed by atoms with Crippen LogP contribution in [-0.2, 0) is 11.2 Å². The predicted molar refractivity (Wildman–Crippen MR) is 101 cm³/mol. The van der Waals surface area contributed by atoms with Gasteiger partial charge < -0.3 is 9.73 Å². The normalized spacial score (nSPS) is 12.3. The molecule has 5 nitrogen and oxygen atoms in total. The fourth-order valence-electron chi connectivity index (χ4n) is 2.65. The van der Waals surface area contributed by atoms with Gasteiger partial charge in [-0.25, -0.2) is 4.98 Å². The molecular formula is C19H21N3O2S. The highest BCUT2D eigenvalue weighted by Gasteiger charge is 2.22. The summed E-state index contributed by atoms with van der Waals surface area (Å²) in [5, 5.41) is 3.28. The highest BCUT2D eigenvalue weighted by atomic mass is 32.2. The van der Waals surface area contributed by atoms with Crippen molar-refractivity contribution in [3.63, 3.8) is 0 Å². The largest absolute Gasteiger partial charge is 0.430 e. The van der Waals surface area contributed by atoms with Gasteiger partial charge in [0.1, 0.15) is 0 Å². The third kappa shape index (κ3) is 3.85. The summed E-state index contributed by atoms with van der Waals surface area (Å²) in [5.41, 5.74) is 4.31. The van der Waals surface area contributed by atoms with Crippen LogP contribution in [0, 0.1) is 6.92 Å². The fraction of sp³-hybridized carbons (Fsp3) is 0.316. The SMILES string of the molecule is CCc1cccc(C)c1NC(=O)[C@H](CC)Sc1nc2ncccc2o1. The van der Waals surface area contributed by atoms with Crippen molar-refractivity contribution in [3.8, 4) is 0 Å². The van der Waals surface area contributed by atoms with E-state index in [1.165, 1.54) is 11.8 Å². The summed E-state index contributed by atoms with van der Waals surface area (Å²) in [5.74, 6) is -0.0354. The average Bonchev–Trinajstić information content (AvgIpc) is 3.03. The number of aromatic nitrogens is 2. The quantitative estimate of drug-likeness (QED) is 0.654. The number of hydrogen-bond acceptors (Lipinski definition) is 5. The Bertz CT molecular complexity index is 858. The van der Waals surface area contributed by atoms with Crippen LogP contribution in [0.5, 0.6) is 0 Å². The first kappa shape index (κ1) is 17.5. The summed E-state index contributed by atoms with van der Waals surface area (Å²) in [4.78, 5) is 21.3. The Morgan fingerprint density at radius 1 is 1.28 bits per heavy atom. The highest BCUT2D eigenvalue weighted by Crippen LogP contribution is 2.29. The Hall–Kier alpha value is -2.34. The smallest absolute Gasteiger partial charge is 0.259 e. The number of thioether (sulfide) groups is 1. The van der Waals surface area contributed by atoms with E-state index in [4.69, 9.17) is 4.42 Å². The molecule has 2 aromatic heterocycles. The molecule has 0 bridgehead atoms. The molecule has 0 radical (unpaired) electrons. The second-order valence-corrected chi connectivity index (χ2v) is 6.93. The van der Waals surface area contributed by atoms with Gasteiger partial charge in [-0.05, 0) is 43.0 Å². The molecule has 3 aromatic rings. The molecule has 0 saturated heterocycles. The van der Waals surface area contributed by atoms with Crippen molar-refractivity contribution in [2.24, 2.45) is 0 Å². The number of benzene rings is 1. The second kappa shape index (κ2) is 7.70. The topological polar surface area (TPSA) is 68.0 Å². The van der Waals surface area contributed by atoms with Gasteiger partial charge in [0.15, 0.2) is 11.2 Å². The first-order valence-corrected chi connectivity index (χ1v) is 9.27. The van der Waals surface area contributed by atoms with Crippen molar-refractivity contribution >= 4 is 34.6 Å². The van der Waals surface area contributed by atoms with E-state index >= 15 is 0 Å². The van der Waals surface area contributed by atoms with Crippen LogP contribution >= 0.6 is 11.8 Å².